The van der Waals surface area contributed by atoms with E-state index in [9.17, 15) is 4.79 Å². The molecule has 0 saturated heterocycles. The number of hydrogen-bond acceptors (Lipinski definition) is 3. The van der Waals surface area contributed by atoms with Crippen LogP contribution in [-0.4, -0.2) is 19.2 Å². The van der Waals surface area contributed by atoms with Crippen molar-refractivity contribution in [1.82, 2.24) is 0 Å². The number of carbonyl (C=O) groups is 1. The zero-order chi connectivity index (χ0) is 13.0. The highest BCUT2D eigenvalue weighted by molar-refractivity contribution is 5.81. The van der Waals surface area contributed by atoms with Crippen LogP contribution in [0, 0.1) is 0 Å². The lowest BCUT2D eigenvalue weighted by Gasteiger charge is -2.16. The molecule has 0 fully saturated rings. The molecule has 1 aliphatic rings. The van der Waals surface area contributed by atoms with Crippen molar-refractivity contribution < 1.29 is 14.3 Å². The molecule has 0 bridgehead atoms. The summed E-state index contributed by atoms with van der Waals surface area (Å²) in [5.41, 5.74) is 0.964. The van der Waals surface area contributed by atoms with Gasteiger partial charge >= 0.3 is 5.97 Å². The van der Waals surface area contributed by atoms with Gasteiger partial charge in [0.25, 0.3) is 0 Å². The Labute approximate surface area is 108 Å². The smallest absolute Gasteiger partial charge is 0.317 e. The van der Waals surface area contributed by atoms with E-state index in [-0.39, 0.29) is 18.0 Å². The molecule has 3 heteroatoms. The third-order valence-electron chi connectivity index (χ3n) is 3.45. The number of fused-ring (bicyclic) bond motifs is 1. The summed E-state index contributed by atoms with van der Waals surface area (Å²) in [4.78, 5) is 11.9. The lowest BCUT2D eigenvalue weighted by Crippen LogP contribution is -2.26. The van der Waals surface area contributed by atoms with Crippen molar-refractivity contribution in [1.29, 1.82) is 0 Å². The monoisotopic (exact) mass is 248 g/mol. The van der Waals surface area contributed by atoms with Crippen molar-refractivity contribution in [3.05, 3.63) is 29.8 Å². The molecule has 2 atom stereocenters. The van der Waals surface area contributed by atoms with Crippen LogP contribution in [0.3, 0.4) is 0 Å². The van der Waals surface area contributed by atoms with Crippen molar-refractivity contribution in [3.63, 3.8) is 0 Å². The van der Waals surface area contributed by atoms with Crippen LogP contribution in [0.1, 0.15) is 44.1 Å². The van der Waals surface area contributed by atoms with Crippen LogP contribution in [0.4, 0.5) is 0 Å². The first-order valence-corrected chi connectivity index (χ1v) is 6.61. The summed E-state index contributed by atoms with van der Waals surface area (Å²) in [6.07, 6.45) is 4.26. The van der Waals surface area contributed by atoms with Crippen molar-refractivity contribution in [3.8, 4) is 5.75 Å². The molecule has 0 radical (unpaired) electrons. The van der Waals surface area contributed by atoms with Gasteiger partial charge in [0.05, 0.1) is 7.11 Å². The van der Waals surface area contributed by atoms with Crippen LogP contribution in [0.25, 0.3) is 0 Å². The van der Waals surface area contributed by atoms with E-state index in [0.29, 0.717) is 0 Å². The van der Waals surface area contributed by atoms with Crippen LogP contribution in [0.5, 0.6) is 5.75 Å². The van der Waals surface area contributed by atoms with E-state index >= 15 is 0 Å². The Morgan fingerprint density at radius 3 is 2.83 bits per heavy atom. The standard InChI is InChI=1S/C15H20O3/c1-3-4-5-10-13-14(15(16)17-2)11-8-6-7-9-12(11)18-13/h6-9,13-14H,3-5,10H2,1-2H3/t13-,14-/m1/s1. The van der Waals surface area contributed by atoms with Crippen LogP contribution in [0.15, 0.2) is 24.3 Å². The Morgan fingerprint density at radius 2 is 2.11 bits per heavy atom. The van der Waals surface area contributed by atoms with Gasteiger partial charge in [-0.05, 0) is 18.9 Å². The summed E-state index contributed by atoms with van der Waals surface area (Å²) in [6.45, 7) is 2.17. The molecule has 1 aromatic carbocycles. The number of unbranched alkanes of at least 4 members (excludes halogenated alkanes) is 2. The first-order chi connectivity index (χ1) is 8.77. The van der Waals surface area contributed by atoms with Crippen LogP contribution < -0.4 is 4.74 Å². The number of benzene rings is 1. The van der Waals surface area contributed by atoms with E-state index in [1.807, 2.05) is 24.3 Å². The lowest BCUT2D eigenvalue weighted by atomic mass is 9.92. The Hall–Kier alpha value is -1.51. The highest BCUT2D eigenvalue weighted by atomic mass is 16.5. The number of ether oxygens (including phenoxy) is 2. The van der Waals surface area contributed by atoms with E-state index in [0.717, 1.165) is 24.2 Å². The molecule has 0 amide bonds. The Bertz CT molecular complexity index is 414. The number of methoxy groups -OCH3 is 1. The molecular formula is C15H20O3. The third-order valence-corrected chi connectivity index (χ3v) is 3.45. The molecule has 98 valence electrons. The molecule has 0 saturated carbocycles. The highest BCUT2D eigenvalue weighted by Gasteiger charge is 2.39. The maximum absolute atomic E-state index is 11.9. The van der Waals surface area contributed by atoms with Crippen LogP contribution >= 0.6 is 0 Å². The lowest BCUT2D eigenvalue weighted by molar-refractivity contribution is -0.144. The summed E-state index contributed by atoms with van der Waals surface area (Å²) in [7, 11) is 1.44. The molecule has 0 aromatic heterocycles. The number of rotatable bonds is 5. The second kappa shape index (κ2) is 5.89. The van der Waals surface area contributed by atoms with E-state index < -0.39 is 0 Å². The largest absolute Gasteiger partial charge is 0.489 e. The Kier molecular flexibility index (Phi) is 4.24. The molecule has 18 heavy (non-hydrogen) atoms. The van der Waals surface area contributed by atoms with Gasteiger partial charge in [0.1, 0.15) is 17.8 Å². The predicted molar refractivity (Wildman–Crippen MR) is 69.8 cm³/mol. The maximum atomic E-state index is 11.9. The molecule has 1 aliphatic heterocycles. The van der Waals surface area contributed by atoms with Gasteiger partial charge in [-0.3, -0.25) is 4.79 Å². The number of para-hydroxylation sites is 1. The van der Waals surface area contributed by atoms with Crippen LogP contribution in [-0.2, 0) is 9.53 Å². The van der Waals surface area contributed by atoms with Gasteiger partial charge < -0.3 is 9.47 Å². The second-order valence-electron chi connectivity index (χ2n) is 4.69. The average Bonchev–Trinajstić information content (AvgIpc) is 2.76. The first-order valence-electron chi connectivity index (χ1n) is 6.61. The molecule has 0 aliphatic carbocycles. The molecule has 0 N–H and O–H groups in total. The average molecular weight is 248 g/mol. The van der Waals surface area contributed by atoms with Gasteiger partial charge in [0.2, 0.25) is 0 Å². The first kappa shape index (κ1) is 12.9. The number of esters is 1. The van der Waals surface area contributed by atoms with Gasteiger partial charge in [0, 0.05) is 5.56 Å². The Balaban J connectivity index is 2.15. The van der Waals surface area contributed by atoms with Gasteiger partial charge in [-0.15, -0.1) is 0 Å². The normalized spacial score (nSPS) is 21.2. The van der Waals surface area contributed by atoms with Gasteiger partial charge in [0.15, 0.2) is 0 Å². The van der Waals surface area contributed by atoms with E-state index in [4.69, 9.17) is 9.47 Å². The summed E-state index contributed by atoms with van der Waals surface area (Å²) in [5, 5.41) is 0. The topological polar surface area (TPSA) is 35.5 Å². The molecular weight excluding hydrogens is 228 g/mol. The Morgan fingerprint density at radius 1 is 1.33 bits per heavy atom. The van der Waals surface area contributed by atoms with Crippen molar-refractivity contribution in [2.24, 2.45) is 0 Å². The minimum Gasteiger partial charge on any atom is -0.489 e. The van der Waals surface area contributed by atoms with Crippen molar-refractivity contribution in [2.75, 3.05) is 7.11 Å². The maximum Gasteiger partial charge on any atom is 0.317 e. The third kappa shape index (κ3) is 2.50. The van der Waals surface area contributed by atoms with Crippen LogP contribution in [0.2, 0.25) is 0 Å². The predicted octanol–water partition coefficient (Wildman–Crippen LogP) is 3.28. The SMILES string of the molecule is CCCCC[C@H]1Oc2ccccc2[C@H]1C(=O)OC. The number of carbonyl (C=O) groups excluding carboxylic acids is 1. The zero-order valence-corrected chi connectivity index (χ0v) is 11.0. The fourth-order valence-corrected chi connectivity index (χ4v) is 2.50. The van der Waals surface area contributed by atoms with Gasteiger partial charge in [-0.1, -0.05) is 38.0 Å². The van der Waals surface area contributed by atoms with E-state index in [1.54, 1.807) is 0 Å². The fraction of sp³-hybridized carbons (Fsp3) is 0.533. The fourth-order valence-electron chi connectivity index (χ4n) is 2.50. The van der Waals surface area contributed by atoms with Crippen molar-refractivity contribution in [2.45, 2.75) is 44.6 Å². The van der Waals surface area contributed by atoms with E-state index in [2.05, 4.69) is 6.92 Å². The molecule has 0 unspecified atom stereocenters. The summed E-state index contributed by atoms with van der Waals surface area (Å²) in [6, 6.07) is 7.75. The quantitative estimate of drug-likeness (QED) is 0.592. The summed E-state index contributed by atoms with van der Waals surface area (Å²) in [5.74, 6) is 0.374. The molecule has 1 heterocycles. The molecule has 3 nitrogen and oxygen atoms in total. The second-order valence-corrected chi connectivity index (χ2v) is 4.69. The van der Waals surface area contributed by atoms with Gasteiger partial charge in [-0.25, -0.2) is 0 Å². The summed E-state index contributed by atoms with van der Waals surface area (Å²) < 4.78 is 10.8. The highest BCUT2D eigenvalue weighted by Crippen LogP contribution is 2.40. The van der Waals surface area contributed by atoms with E-state index in [1.165, 1.54) is 20.0 Å². The van der Waals surface area contributed by atoms with Crippen molar-refractivity contribution >= 4 is 5.97 Å². The number of hydrogen-bond donors (Lipinski definition) is 0. The molecule has 0 spiro atoms. The molecule has 1 aromatic rings. The minimum atomic E-state index is -0.261. The summed E-state index contributed by atoms with van der Waals surface area (Å²) >= 11 is 0. The molecule has 2 rings (SSSR count). The minimum absolute atomic E-state index is 0.0681. The van der Waals surface area contributed by atoms with Gasteiger partial charge in [-0.2, -0.15) is 0 Å². The zero-order valence-electron chi connectivity index (χ0n) is 11.0.